The molecule has 39 heavy (non-hydrogen) atoms. The fourth-order valence-corrected chi connectivity index (χ4v) is 4.38. The van der Waals surface area contributed by atoms with Crippen LogP contribution in [0, 0.1) is 0 Å². The third-order valence-electron chi connectivity index (χ3n) is 6.33. The first-order valence-electron chi connectivity index (χ1n) is 12.5. The summed E-state index contributed by atoms with van der Waals surface area (Å²) in [6.45, 7) is 2.09. The van der Waals surface area contributed by atoms with Gasteiger partial charge in [-0.1, -0.05) is 18.2 Å². The Morgan fingerprint density at radius 2 is 1.87 bits per heavy atom. The quantitative estimate of drug-likeness (QED) is 0.276. The lowest BCUT2D eigenvalue weighted by atomic mass is 10.2. The Bertz CT molecular complexity index is 1570. The molecule has 11 nitrogen and oxygen atoms in total. The Balaban J connectivity index is 1.20. The van der Waals surface area contributed by atoms with E-state index < -0.39 is 0 Å². The molecule has 2 N–H and O–H groups in total. The zero-order chi connectivity index (χ0) is 26.6. The van der Waals surface area contributed by atoms with E-state index in [1.54, 1.807) is 31.2 Å². The van der Waals surface area contributed by atoms with Crippen LogP contribution in [0.15, 0.2) is 71.5 Å². The molecule has 0 fully saturated rings. The van der Waals surface area contributed by atoms with Crippen LogP contribution < -0.4 is 29.6 Å². The Morgan fingerprint density at radius 3 is 2.69 bits per heavy atom. The fourth-order valence-electron chi connectivity index (χ4n) is 4.38. The smallest absolute Gasteiger partial charge is 0.226 e. The molecule has 0 spiro atoms. The molecule has 0 amide bonds. The predicted octanol–water partition coefficient (Wildman–Crippen LogP) is 3.94. The number of aromatic nitrogens is 4. The molecule has 4 heterocycles. The topological polar surface area (TPSA) is 117 Å². The molecule has 0 saturated carbocycles. The molecule has 6 rings (SSSR count). The van der Waals surface area contributed by atoms with Crippen molar-refractivity contribution >= 4 is 11.6 Å². The Hall–Kier alpha value is -4.77. The average Bonchev–Trinajstić information content (AvgIpc) is 3.67. The van der Waals surface area contributed by atoms with Crippen molar-refractivity contribution < 1.29 is 23.4 Å². The molecule has 1 unspecified atom stereocenters. The lowest BCUT2D eigenvalue weighted by molar-refractivity contribution is 0.0902. The molecule has 1 aliphatic heterocycles. The maximum Gasteiger partial charge on any atom is 0.226 e. The van der Waals surface area contributed by atoms with Crippen LogP contribution in [0.3, 0.4) is 0 Å². The molecule has 0 aliphatic carbocycles. The van der Waals surface area contributed by atoms with Gasteiger partial charge in [0.1, 0.15) is 12.7 Å². The molecule has 1 atom stereocenters. The van der Waals surface area contributed by atoms with Gasteiger partial charge < -0.3 is 34.0 Å². The Morgan fingerprint density at radius 1 is 1.00 bits per heavy atom. The number of benzene rings is 2. The van der Waals surface area contributed by atoms with Crippen molar-refractivity contribution in [3.05, 3.63) is 78.2 Å². The maximum absolute atomic E-state index is 6.06. The zero-order valence-electron chi connectivity index (χ0n) is 21.6. The predicted molar refractivity (Wildman–Crippen MR) is 143 cm³/mol. The highest BCUT2D eigenvalue weighted by Crippen LogP contribution is 2.31. The maximum atomic E-state index is 6.06. The average molecular weight is 529 g/mol. The normalized spacial score (nSPS) is 14.4. The first-order chi connectivity index (χ1) is 19.2. The summed E-state index contributed by atoms with van der Waals surface area (Å²) in [5, 5.41) is 11.5. The van der Waals surface area contributed by atoms with Gasteiger partial charge in [-0.2, -0.15) is 4.52 Å². The van der Waals surface area contributed by atoms with E-state index in [1.165, 1.54) is 0 Å². The third-order valence-corrected chi connectivity index (χ3v) is 6.33. The van der Waals surface area contributed by atoms with Crippen molar-refractivity contribution in [2.75, 3.05) is 32.7 Å². The van der Waals surface area contributed by atoms with Crippen LogP contribution in [0.1, 0.15) is 11.1 Å². The Labute approximate surface area is 224 Å². The van der Waals surface area contributed by atoms with Crippen LogP contribution in [0.5, 0.6) is 23.0 Å². The second-order valence-electron chi connectivity index (χ2n) is 8.93. The number of furan rings is 1. The molecule has 11 heteroatoms. The lowest BCUT2D eigenvalue weighted by Gasteiger charge is -2.26. The second-order valence-corrected chi connectivity index (χ2v) is 8.93. The van der Waals surface area contributed by atoms with Gasteiger partial charge in [-0.25, -0.2) is 9.97 Å². The highest BCUT2D eigenvalue weighted by molar-refractivity contribution is 5.58. The number of rotatable bonds is 10. The third kappa shape index (κ3) is 5.16. The van der Waals surface area contributed by atoms with E-state index in [4.69, 9.17) is 28.3 Å². The molecule has 0 bridgehead atoms. The fraction of sp³-hybridized carbons (Fsp3) is 0.250. The summed E-state index contributed by atoms with van der Waals surface area (Å²) < 4.78 is 29.9. The van der Waals surface area contributed by atoms with Gasteiger partial charge in [-0.15, -0.1) is 5.10 Å². The number of para-hydroxylation sites is 2. The summed E-state index contributed by atoms with van der Waals surface area (Å²) in [5.74, 6) is 4.46. The first-order valence-corrected chi connectivity index (χ1v) is 12.5. The van der Waals surface area contributed by atoms with E-state index in [1.807, 2.05) is 54.6 Å². The van der Waals surface area contributed by atoms with Crippen molar-refractivity contribution in [1.82, 2.24) is 24.9 Å². The van der Waals surface area contributed by atoms with E-state index >= 15 is 0 Å². The van der Waals surface area contributed by atoms with Crippen molar-refractivity contribution in [2.24, 2.45) is 0 Å². The van der Waals surface area contributed by atoms with Gasteiger partial charge in [0.25, 0.3) is 0 Å². The van der Waals surface area contributed by atoms with Crippen molar-refractivity contribution in [3.63, 3.8) is 0 Å². The number of hydrogen-bond acceptors (Lipinski definition) is 10. The number of fused-ring (bicyclic) bond motifs is 2. The summed E-state index contributed by atoms with van der Waals surface area (Å²) in [7, 11) is 3.23. The van der Waals surface area contributed by atoms with E-state index in [9.17, 15) is 0 Å². The monoisotopic (exact) mass is 528 g/mol. The second kappa shape index (κ2) is 10.9. The molecule has 1 aliphatic rings. The van der Waals surface area contributed by atoms with E-state index in [0.717, 1.165) is 22.6 Å². The van der Waals surface area contributed by atoms with Crippen molar-refractivity contribution in [1.29, 1.82) is 0 Å². The van der Waals surface area contributed by atoms with E-state index in [0.29, 0.717) is 60.9 Å². The van der Waals surface area contributed by atoms with Gasteiger partial charge in [0.05, 0.1) is 20.5 Å². The summed E-state index contributed by atoms with van der Waals surface area (Å²) in [6, 6.07) is 17.1. The highest BCUT2D eigenvalue weighted by Gasteiger charge is 2.21. The highest BCUT2D eigenvalue weighted by atomic mass is 16.6. The van der Waals surface area contributed by atoms with Gasteiger partial charge >= 0.3 is 0 Å². The van der Waals surface area contributed by atoms with Crippen LogP contribution in [-0.2, 0) is 13.1 Å². The number of hydrogen-bond donors (Lipinski definition) is 2. The minimum atomic E-state index is -0.108. The van der Waals surface area contributed by atoms with E-state index in [2.05, 4.69) is 20.7 Å². The van der Waals surface area contributed by atoms with Gasteiger partial charge in [0, 0.05) is 31.4 Å². The summed E-state index contributed by atoms with van der Waals surface area (Å²) in [6.07, 6.45) is 3.29. The number of nitrogens with zero attached hydrogens (tertiary/aromatic N) is 4. The van der Waals surface area contributed by atoms with Crippen LogP contribution in [0.25, 0.3) is 17.2 Å². The van der Waals surface area contributed by atoms with Gasteiger partial charge in [0.2, 0.25) is 11.8 Å². The molecular formula is C28H28N6O5. The van der Waals surface area contributed by atoms with Crippen LogP contribution in [0.4, 0.5) is 5.95 Å². The molecule has 200 valence electrons. The molecule has 3 aromatic heterocycles. The minimum absolute atomic E-state index is 0.108. The van der Waals surface area contributed by atoms with Crippen LogP contribution in [0.2, 0.25) is 0 Å². The number of ether oxygens (including phenoxy) is 4. The first kappa shape index (κ1) is 24.6. The summed E-state index contributed by atoms with van der Waals surface area (Å²) in [5.41, 5.74) is 2.55. The van der Waals surface area contributed by atoms with Crippen LogP contribution >= 0.6 is 0 Å². The number of nitrogens with one attached hydrogen (secondary N) is 2. The SMILES string of the molecule is COc1ccc(CNc2ncc(CNCC3COc4ccccc4O3)c3nc(-c4ccco4)nn23)cc1OC. The number of methoxy groups -OCH3 is 2. The largest absolute Gasteiger partial charge is 0.493 e. The van der Waals surface area contributed by atoms with Crippen molar-refractivity contribution in [3.8, 4) is 34.6 Å². The molecule has 2 aromatic carbocycles. The van der Waals surface area contributed by atoms with Gasteiger partial charge in [0.15, 0.2) is 34.4 Å². The van der Waals surface area contributed by atoms with Crippen LogP contribution in [-0.4, -0.2) is 53.1 Å². The molecule has 0 radical (unpaired) electrons. The van der Waals surface area contributed by atoms with Gasteiger partial charge in [-0.3, -0.25) is 0 Å². The van der Waals surface area contributed by atoms with Gasteiger partial charge in [-0.05, 0) is 42.0 Å². The van der Waals surface area contributed by atoms with Crippen molar-refractivity contribution in [2.45, 2.75) is 19.2 Å². The number of anilines is 1. The lowest BCUT2D eigenvalue weighted by Crippen LogP contribution is -2.38. The molecule has 0 saturated heterocycles. The Kier molecular flexibility index (Phi) is 6.88. The zero-order valence-corrected chi connectivity index (χ0v) is 21.6. The van der Waals surface area contributed by atoms with E-state index in [-0.39, 0.29) is 6.10 Å². The minimum Gasteiger partial charge on any atom is -0.493 e. The molecular weight excluding hydrogens is 500 g/mol. The molecule has 5 aromatic rings. The summed E-state index contributed by atoms with van der Waals surface area (Å²) in [4.78, 5) is 9.42. The standard InChI is InChI=1S/C28H28N6O5/c1-35-21-10-9-18(12-25(21)36-2)13-30-28-31-15-19(27-32-26(33-34(27)28)24-8-5-11-37-24)14-29-16-20-17-38-22-6-3-4-7-23(22)39-20/h3-12,15,20,29H,13-14,16-17H2,1-2H3,(H,30,31). The summed E-state index contributed by atoms with van der Waals surface area (Å²) >= 11 is 0.